The molecular weight excluding hydrogens is 178 g/mol. The Morgan fingerprint density at radius 1 is 1.75 bits per heavy atom. The number of rotatable bonds is 5. The van der Waals surface area contributed by atoms with Gasteiger partial charge in [-0.25, -0.2) is 9.59 Å². The maximum Gasteiger partial charge on any atom is 0.331 e. The van der Waals surface area contributed by atoms with Crippen LogP contribution in [0.3, 0.4) is 0 Å². The Morgan fingerprint density at radius 3 is 2.83 bits per heavy atom. The van der Waals surface area contributed by atoms with Crippen LogP contribution in [0.25, 0.3) is 0 Å². The molecule has 0 saturated carbocycles. The average Bonchev–Trinajstić information content (AvgIpc) is 2.11. The Balaban J connectivity index is 4.03. The summed E-state index contributed by atoms with van der Waals surface area (Å²) >= 11 is 1.59. The highest BCUT2D eigenvalue weighted by Crippen LogP contribution is 2.04. The number of carbonyl (C=O) groups excluding carboxylic acids is 2. The monoisotopic (exact) mass is 189 g/mol. The topological polar surface area (TPSA) is 55.7 Å². The van der Waals surface area contributed by atoms with E-state index < -0.39 is 12.0 Å². The van der Waals surface area contributed by atoms with Gasteiger partial charge in [0, 0.05) is 0 Å². The molecule has 0 unspecified atom stereocenters. The molecule has 0 amide bonds. The average molecular weight is 189 g/mol. The minimum atomic E-state index is -0.681. The number of hydrogen-bond acceptors (Lipinski definition) is 5. The predicted molar refractivity (Wildman–Crippen MR) is 46.9 cm³/mol. The van der Waals surface area contributed by atoms with Crippen molar-refractivity contribution < 1.29 is 14.3 Å². The lowest BCUT2D eigenvalue weighted by atomic mass is 10.2. The van der Waals surface area contributed by atoms with Crippen molar-refractivity contribution in [3.05, 3.63) is 0 Å². The largest absolute Gasteiger partial charge is 0.467 e. The van der Waals surface area contributed by atoms with E-state index in [2.05, 4.69) is 9.73 Å². The van der Waals surface area contributed by atoms with E-state index >= 15 is 0 Å². The van der Waals surface area contributed by atoms with Gasteiger partial charge in [0.05, 0.1) is 7.11 Å². The van der Waals surface area contributed by atoms with Crippen LogP contribution in [0, 0.1) is 0 Å². The van der Waals surface area contributed by atoms with E-state index in [9.17, 15) is 9.59 Å². The van der Waals surface area contributed by atoms with Gasteiger partial charge in [-0.1, -0.05) is 0 Å². The summed E-state index contributed by atoms with van der Waals surface area (Å²) in [6.45, 7) is 0. The van der Waals surface area contributed by atoms with E-state index in [4.69, 9.17) is 0 Å². The van der Waals surface area contributed by atoms with Crippen LogP contribution >= 0.6 is 11.8 Å². The second-order valence-corrected chi connectivity index (χ2v) is 3.03. The summed E-state index contributed by atoms with van der Waals surface area (Å²) in [4.78, 5) is 24.1. The van der Waals surface area contributed by atoms with Crippen molar-refractivity contribution in [3.63, 3.8) is 0 Å². The molecule has 0 aromatic carbocycles. The zero-order chi connectivity index (χ0) is 9.40. The van der Waals surface area contributed by atoms with E-state index in [1.807, 2.05) is 6.26 Å². The number of nitrogens with zero attached hydrogens (tertiary/aromatic N) is 1. The Bertz CT molecular complexity index is 189. The van der Waals surface area contributed by atoms with Crippen LogP contribution in [0.5, 0.6) is 0 Å². The van der Waals surface area contributed by atoms with Crippen molar-refractivity contribution in [1.29, 1.82) is 0 Å². The molecular formula is C7H11NO3S. The maximum atomic E-state index is 10.9. The van der Waals surface area contributed by atoms with Crippen LogP contribution < -0.4 is 0 Å². The van der Waals surface area contributed by atoms with Crippen molar-refractivity contribution >= 4 is 23.8 Å². The van der Waals surface area contributed by atoms with E-state index in [0.717, 1.165) is 5.75 Å². The Morgan fingerprint density at radius 2 is 2.42 bits per heavy atom. The fourth-order valence-corrected chi connectivity index (χ4v) is 1.12. The Kier molecular flexibility index (Phi) is 6.42. The molecule has 0 bridgehead atoms. The Hall–Kier alpha value is -0.800. The number of methoxy groups -OCH3 is 1. The number of hydrogen-bond donors (Lipinski definition) is 0. The van der Waals surface area contributed by atoms with Crippen molar-refractivity contribution in [2.24, 2.45) is 4.99 Å². The first-order valence-electron chi connectivity index (χ1n) is 3.40. The highest BCUT2D eigenvalue weighted by molar-refractivity contribution is 7.98. The fraction of sp³-hybridized carbons (Fsp3) is 0.714. The van der Waals surface area contributed by atoms with E-state index in [1.165, 1.54) is 13.2 Å². The van der Waals surface area contributed by atoms with Gasteiger partial charge >= 0.3 is 5.97 Å². The summed E-state index contributed by atoms with van der Waals surface area (Å²) in [7, 11) is 1.27. The van der Waals surface area contributed by atoms with Gasteiger partial charge in [-0.3, -0.25) is 0 Å². The van der Waals surface area contributed by atoms with E-state index in [-0.39, 0.29) is 0 Å². The summed E-state index contributed by atoms with van der Waals surface area (Å²) in [6, 6.07) is -0.681. The molecule has 0 N–H and O–H groups in total. The van der Waals surface area contributed by atoms with Gasteiger partial charge in [0.25, 0.3) is 0 Å². The van der Waals surface area contributed by atoms with Gasteiger partial charge in [0.2, 0.25) is 6.08 Å². The highest BCUT2D eigenvalue weighted by atomic mass is 32.2. The third-order valence-electron chi connectivity index (χ3n) is 1.28. The van der Waals surface area contributed by atoms with Crippen molar-refractivity contribution in [1.82, 2.24) is 0 Å². The molecule has 0 aliphatic heterocycles. The molecule has 5 heteroatoms. The third-order valence-corrected chi connectivity index (χ3v) is 1.92. The second kappa shape index (κ2) is 6.88. The number of ether oxygens (including phenoxy) is 1. The van der Waals surface area contributed by atoms with Gasteiger partial charge in [0.15, 0.2) is 6.04 Å². The molecule has 12 heavy (non-hydrogen) atoms. The molecule has 0 aliphatic carbocycles. The molecule has 0 spiro atoms. The number of thioether (sulfide) groups is 1. The SMILES string of the molecule is COC(=O)[C@H](CCSC)N=C=O. The lowest BCUT2D eigenvalue weighted by Gasteiger charge is -2.05. The van der Waals surface area contributed by atoms with Crippen molar-refractivity contribution in [2.45, 2.75) is 12.5 Å². The number of carbonyl (C=O) groups is 1. The van der Waals surface area contributed by atoms with Gasteiger partial charge in [-0.2, -0.15) is 16.8 Å². The van der Waals surface area contributed by atoms with Crippen molar-refractivity contribution in [3.8, 4) is 0 Å². The summed E-state index contributed by atoms with van der Waals surface area (Å²) in [5, 5.41) is 0. The second-order valence-electron chi connectivity index (χ2n) is 2.04. The fourth-order valence-electron chi connectivity index (χ4n) is 0.664. The summed E-state index contributed by atoms with van der Waals surface area (Å²) in [6.07, 6.45) is 3.79. The van der Waals surface area contributed by atoms with Crippen LogP contribution in [0.1, 0.15) is 6.42 Å². The summed E-state index contributed by atoms with van der Waals surface area (Å²) in [5.41, 5.74) is 0. The van der Waals surface area contributed by atoms with Gasteiger partial charge in [-0.15, -0.1) is 0 Å². The first-order chi connectivity index (χ1) is 5.76. The molecule has 4 nitrogen and oxygen atoms in total. The normalized spacial score (nSPS) is 11.5. The zero-order valence-electron chi connectivity index (χ0n) is 7.07. The minimum absolute atomic E-state index is 0.479. The number of aliphatic imine (C=N–C) groups is 1. The molecule has 0 fully saturated rings. The molecule has 0 aromatic heterocycles. The molecule has 0 aliphatic rings. The van der Waals surface area contributed by atoms with Crippen LogP contribution in [0.15, 0.2) is 4.99 Å². The van der Waals surface area contributed by atoms with E-state index in [0.29, 0.717) is 6.42 Å². The van der Waals surface area contributed by atoms with Gasteiger partial charge < -0.3 is 4.74 Å². The molecule has 1 atom stereocenters. The van der Waals surface area contributed by atoms with Crippen LogP contribution in [0.2, 0.25) is 0 Å². The summed E-state index contributed by atoms with van der Waals surface area (Å²) in [5.74, 6) is 0.290. The summed E-state index contributed by atoms with van der Waals surface area (Å²) < 4.78 is 4.44. The first-order valence-corrected chi connectivity index (χ1v) is 4.79. The van der Waals surface area contributed by atoms with Crippen LogP contribution in [0.4, 0.5) is 0 Å². The van der Waals surface area contributed by atoms with E-state index in [1.54, 1.807) is 11.8 Å². The minimum Gasteiger partial charge on any atom is -0.467 e. The quantitative estimate of drug-likeness (QED) is 0.361. The molecule has 0 saturated heterocycles. The molecule has 0 heterocycles. The Labute approximate surface area is 75.4 Å². The lowest BCUT2D eigenvalue weighted by molar-refractivity contribution is -0.142. The van der Waals surface area contributed by atoms with Crippen molar-refractivity contribution in [2.75, 3.05) is 19.1 Å². The smallest absolute Gasteiger partial charge is 0.331 e. The number of esters is 1. The first kappa shape index (κ1) is 11.2. The number of isocyanates is 1. The highest BCUT2D eigenvalue weighted by Gasteiger charge is 2.16. The van der Waals surface area contributed by atoms with Crippen LogP contribution in [-0.4, -0.2) is 37.2 Å². The zero-order valence-corrected chi connectivity index (χ0v) is 7.89. The lowest BCUT2D eigenvalue weighted by Crippen LogP contribution is -2.20. The standard InChI is InChI=1S/C7H11NO3S/c1-11-7(10)6(8-5-9)3-4-12-2/h6H,3-4H2,1-2H3/t6-/m0/s1. The van der Waals surface area contributed by atoms with Gasteiger partial charge in [0.1, 0.15) is 0 Å². The van der Waals surface area contributed by atoms with Crippen LogP contribution in [-0.2, 0) is 14.3 Å². The molecule has 0 radical (unpaired) electrons. The maximum absolute atomic E-state index is 10.9. The molecule has 0 rings (SSSR count). The van der Waals surface area contributed by atoms with Gasteiger partial charge in [-0.05, 0) is 18.4 Å². The predicted octanol–water partition coefficient (Wildman–Crippen LogP) is 0.617. The molecule has 0 aromatic rings. The third kappa shape index (κ3) is 4.16. The molecule has 68 valence electrons.